The van der Waals surface area contributed by atoms with Gasteiger partial charge in [-0.05, 0) is 6.92 Å². The second kappa shape index (κ2) is 4.87. The second-order valence-corrected chi connectivity index (χ2v) is 6.88. The largest absolute Gasteiger partial charge is 0.381 e. The molecule has 0 amide bonds. The maximum absolute atomic E-state index is 12.3. The Morgan fingerprint density at radius 3 is 2.65 bits per heavy atom. The number of rotatable bonds is 3. The maximum atomic E-state index is 12.3. The Labute approximate surface area is 105 Å². The lowest BCUT2D eigenvalue weighted by Gasteiger charge is -2.25. The summed E-state index contributed by atoms with van der Waals surface area (Å²) in [5.41, 5.74) is 5.67. The van der Waals surface area contributed by atoms with Gasteiger partial charge in [-0.2, -0.15) is 21.2 Å². The first-order valence-corrected chi connectivity index (χ1v) is 8.06. The highest BCUT2D eigenvalue weighted by Crippen LogP contribution is 2.23. The van der Waals surface area contributed by atoms with Crippen LogP contribution in [0.3, 0.4) is 0 Å². The van der Waals surface area contributed by atoms with E-state index in [0.29, 0.717) is 19.6 Å². The zero-order chi connectivity index (χ0) is 12.5. The average molecular weight is 276 g/mol. The van der Waals surface area contributed by atoms with Gasteiger partial charge in [0.15, 0.2) is 5.82 Å². The number of aromatic nitrogens is 2. The minimum Gasteiger partial charge on any atom is -0.381 e. The first-order valence-electron chi connectivity index (χ1n) is 5.46. The lowest BCUT2D eigenvalue weighted by Crippen LogP contribution is -2.38. The molecule has 0 radical (unpaired) electrons. The molecule has 6 nitrogen and oxygen atoms in total. The van der Waals surface area contributed by atoms with Gasteiger partial charge in [-0.25, -0.2) is 8.42 Å². The summed E-state index contributed by atoms with van der Waals surface area (Å²) in [4.78, 5) is 0.131. The molecular formula is C9H16N4O2S2. The van der Waals surface area contributed by atoms with Gasteiger partial charge in [0, 0.05) is 37.3 Å². The van der Waals surface area contributed by atoms with Gasteiger partial charge < -0.3 is 5.73 Å². The van der Waals surface area contributed by atoms with Crippen LogP contribution in [-0.4, -0.2) is 47.1 Å². The topological polar surface area (TPSA) is 81.2 Å². The number of anilines is 1. The molecule has 1 saturated heterocycles. The monoisotopic (exact) mass is 276 g/mol. The van der Waals surface area contributed by atoms with E-state index in [2.05, 4.69) is 5.10 Å². The molecule has 2 N–H and O–H groups in total. The number of nitrogens with zero attached hydrogens (tertiary/aromatic N) is 3. The standard InChI is InChI=1S/C9H16N4O2S2/c1-2-12-7-8(9(10)11-12)17(14,15)13-3-5-16-6-4-13/h7H,2-6H2,1H3,(H2,10,11). The molecule has 96 valence electrons. The molecule has 0 spiro atoms. The average Bonchev–Trinajstić information content (AvgIpc) is 2.72. The van der Waals surface area contributed by atoms with E-state index in [4.69, 9.17) is 5.73 Å². The van der Waals surface area contributed by atoms with E-state index in [1.54, 1.807) is 16.4 Å². The molecule has 0 saturated carbocycles. The molecule has 0 bridgehead atoms. The molecule has 8 heteroatoms. The fraction of sp³-hybridized carbons (Fsp3) is 0.667. The van der Waals surface area contributed by atoms with Crippen molar-refractivity contribution >= 4 is 27.6 Å². The van der Waals surface area contributed by atoms with Crippen LogP contribution in [0.25, 0.3) is 0 Å². The molecule has 1 aromatic heterocycles. The summed E-state index contributed by atoms with van der Waals surface area (Å²) in [6, 6.07) is 0. The third-order valence-electron chi connectivity index (χ3n) is 2.67. The van der Waals surface area contributed by atoms with Crippen molar-refractivity contribution in [3.05, 3.63) is 6.20 Å². The number of sulfonamides is 1. The molecule has 0 aliphatic carbocycles. The Kier molecular flexibility index (Phi) is 3.64. The predicted molar refractivity (Wildman–Crippen MR) is 68.4 cm³/mol. The zero-order valence-electron chi connectivity index (χ0n) is 9.66. The Hall–Kier alpha value is -0.730. The highest BCUT2D eigenvalue weighted by molar-refractivity contribution is 7.99. The van der Waals surface area contributed by atoms with Gasteiger partial charge in [-0.1, -0.05) is 0 Å². The lowest BCUT2D eigenvalue weighted by molar-refractivity contribution is 0.443. The summed E-state index contributed by atoms with van der Waals surface area (Å²) in [5, 5.41) is 3.97. The van der Waals surface area contributed by atoms with Gasteiger partial charge >= 0.3 is 0 Å². The van der Waals surface area contributed by atoms with E-state index in [0.717, 1.165) is 11.5 Å². The van der Waals surface area contributed by atoms with Crippen molar-refractivity contribution in [2.75, 3.05) is 30.3 Å². The van der Waals surface area contributed by atoms with Crippen molar-refractivity contribution in [1.82, 2.24) is 14.1 Å². The molecule has 1 aliphatic rings. The van der Waals surface area contributed by atoms with Crippen molar-refractivity contribution in [3.8, 4) is 0 Å². The molecule has 2 rings (SSSR count). The molecule has 0 atom stereocenters. The molecule has 1 fully saturated rings. The number of nitrogens with two attached hydrogens (primary N) is 1. The maximum Gasteiger partial charge on any atom is 0.248 e. The quantitative estimate of drug-likeness (QED) is 0.854. The Bertz CT molecular complexity index is 491. The summed E-state index contributed by atoms with van der Waals surface area (Å²) in [7, 11) is -3.47. The van der Waals surface area contributed by atoms with Gasteiger partial charge in [0.05, 0.1) is 0 Å². The van der Waals surface area contributed by atoms with Crippen LogP contribution in [-0.2, 0) is 16.6 Å². The van der Waals surface area contributed by atoms with Crippen LogP contribution in [0.5, 0.6) is 0 Å². The highest BCUT2D eigenvalue weighted by atomic mass is 32.2. The summed E-state index contributed by atoms with van der Waals surface area (Å²) < 4.78 is 27.7. The van der Waals surface area contributed by atoms with Crippen LogP contribution in [0, 0.1) is 0 Å². The SMILES string of the molecule is CCn1cc(S(=O)(=O)N2CCSCC2)c(N)n1. The number of hydrogen-bond acceptors (Lipinski definition) is 5. The fourth-order valence-corrected chi connectivity index (χ4v) is 4.34. The highest BCUT2D eigenvalue weighted by Gasteiger charge is 2.29. The van der Waals surface area contributed by atoms with E-state index < -0.39 is 10.0 Å². The third kappa shape index (κ3) is 2.43. The molecule has 2 heterocycles. The Balaban J connectivity index is 2.33. The van der Waals surface area contributed by atoms with Crippen LogP contribution in [0.2, 0.25) is 0 Å². The number of hydrogen-bond donors (Lipinski definition) is 1. The van der Waals surface area contributed by atoms with E-state index in [9.17, 15) is 8.42 Å². The predicted octanol–water partition coefficient (Wildman–Crippen LogP) is 0.223. The first-order chi connectivity index (χ1) is 8.05. The van der Waals surface area contributed by atoms with Gasteiger partial charge in [0.2, 0.25) is 10.0 Å². The normalized spacial score (nSPS) is 18.4. The smallest absolute Gasteiger partial charge is 0.248 e. The van der Waals surface area contributed by atoms with Gasteiger partial charge in [0.25, 0.3) is 0 Å². The zero-order valence-corrected chi connectivity index (χ0v) is 11.3. The van der Waals surface area contributed by atoms with E-state index in [-0.39, 0.29) is 10.7 Å². The fourth-order valence-electron chi connectivity index (χ4n) is 1.70. The van der Waals surface area contributed by atoms with Crippen LogP contribution >= 0.6 is 11.8 Å². The summed E-state index contributed by atoms with van der Waals surface area (Å²) in [6.07, 6.45) is 1.51. The Morgan fingerprint density at radius 1 is 1.47 bits per heavy atom. The molecule has 0 unspecified atom stereocenters. The van der Waals surface area contributed by atoms with E-state index >= 15 is 0 Å². The first kappa shape index (κ1) is 12.7. The van der Waals surface area contributed by atoms with Crippen LogP contribution in [0.4, 0.5) is 5.82 Å². The lowest BCUT2D eigenvalue weighted by atomic mass is 10.6. The van der Waals surface area contributed by atoms with E-state index in [1.165, 1.54) is 10.5 Å². The van der Waals surface area contributed by atoms with Crippen molar-refractivity contribution < 1.29 is 8.42 Å². The molecule has 17 heavy (non-hydrogen) atoms. The molecule has 1 aliphatic heterocycles. The van der Waals surface area contributed by atoms with E-state index in [1.807, 2.05) is 6.92 Å². The van der Waals surface area contributed by atoms with Crippen LogP contribution in [0.15, 0.2) is 11.1 Å². The van der Waals surface area contributed by atoms with Crippen molar-refractivity contribution in [1.29, 1.82) is 0 Å². The minimum absolute atomic E-state index is 0.0880. The number of aryl methyl sites for hydroxylation is 1. The molecular weight excluding hydrogens is 260 g/mol. The third-order valence-corrected chi connectivity index (χ3v) is 5.52. The summed E-state index contributed by atoms with van der Waals surface area (Å²) >= 11 is 1.77. The molecule has 0 aromatic carbocycles. The van der Waals surface area contributed by atoms with Crippen molar-refractivity contribution in [2.24, 2.45) is 0 Å². The minimum atomic E-state index is -3.47. The van der Waals surface area contributed by atoms with Crippen molar-refractivity contribution in [2.45, 2.75) is 18.4 Å². The Morgan fingerprint density at radius 2 is 2.12 bits per heavy atom. The summed E-state index contributed by atoms with van der Waals surface area (Å²) in [6.45, 7) is 3.59. The van der Waals surface area contributed by atoms with Crippen molar-refractivity contribution in [3.63, 3.8) is 0 Å². The molecule has 1 aromatic rings. The van der Waals surface area contributed by atoms with Gasteiger partial charge in [-0.15, -0.1) is 0 Å². The van der Waals surface area contributed by atoms with Gasteiger partial charge in [-0.3, -0.25) is 4.68 Å². The van der Waals surface area contributed by atoms with Crippen LogP contribution < -0.4 is 5.73 Å². The van der Waals surface area contributed by atoms with Crippen LogP contribution in [0.1, 0.15) is 6.92 Å². The number of thioether (sulfide) groups is 1. The van der Waals surface area contributed by atoms with Gasteiger partial charge in [0.1, 0.15) is 4.90 Å². The second-order valence-electron chi connectivity index (χ2n) is 3.75. The summed E-state index contributed by atoms with van der Waals surface area (Å²) in [5.74, 6) is 1.76. The number of nitrogen functional groups attached to an aromatic ring is 1.